The minimum Gasteiger partial charge on any atom is -0.381 e. The maximum Gasteiger partial charge on any atom is 0.191 e. The van der Waals surface area contributed by atoms with Gasteiger partial charge in [-0.25, -0.2) is 9.67 Å². The van der Waals surface area contributed by atoms with E-state index in [-0.39, 0.29) is 35.6 Å². The van der Waals surface area contributed by atoms with E-state index < -0.39 is 0 Å². The van der Waals surface area contributed by atoms with Gasteiger partial charge in [0.15, 0.2) is 5.96 Å². The normalized spacial score (nSPS) is 21.2. The van der Waals surface area contributed by atoms with E-state index in [0.29, 0.717) is 6.04 Å². The highest BCUT2D eigenvalue weighted by Gasteiger charge is 2.34. The summed E-state index contributed by atoms with van der Waals surface area (Å²) >= 11 is 0. The van der Waals surface area contributed by atoms with Crippen LogP contribution in [0.4, 0.5) is 0 Å². The Bertz CT molecular complexity index is 880. The maximum absolute atomic E-state index is 5.67. The number of hydrogen-bond donors (Lipinski definition) is 3. The summed E-state index contributed by atoms with van der Waals surface area (Å²) in [5.41, 5.74) is 1.27. The van der Waals surface area contributed by atoms with Crippen molar-refractivity contribution < 1.29 is 4.74 Å². The SMILES string of the molecule is CN=C(NCC1(NC(C)c2ccccc2)CCOCC1)NC1CCc2nc(C)nn2C1.I. The van der Waals surface area contributed by atoms with E-state index in [4.69, 9.17) is 4.74 Å². The lowest BCUT2D eigenvalue weighted by Crippen LogP contribution is -2.59. The molecule has 0 amide bonds. The number of halogens is 1. The zero-order chi connectivity index (χ0) is 21.7. The molecule has 2 atom stereocenters. The Labute approximate surface area is 208 Å². The summed E-state index contributed by atoms with van der Waals surface area (Å²) < 4.78 is 7.69. The third-order valence-corrected chi connectivity index (χ3v) is 6.39. The second kappa shape index (κ2) is 11.4. The second-order valence-corrected chi connectivity index (χ2v) is 8.73. The average Bonchev–Trinajstić information content (AvgIpc) is 3.17. The molecular weight excluding hydrogens is 517 g/mol. The summed E-state index contributed by atoms with van der Waals surface area (Å²) in [7, 11) is 1.83. The highest BCUT2D eigenvalue weighted by Crippen LogP contribution is 2.25. The van der Waals surface area contributed by atoms with Crippen molar-refractivity contribution in [1.29, 1.82) is 0 Å². The van der Waals surface area contributed by atoms with Crippen LogP contribution in [0, 0.1) is 6.92 Å². The molecule has 176 valence electrons. The number of benzene rings is 1. The van der Waals surface area contributed by atoms with Crippen LogP contribution in [0.5, 0.6) is 0 Å². The van der Waals surface area contributed by atoms with Crippen molar-refractivity contribution in [2.24, 2.45) is 4.99 Å². The van der Waals surface area contributed by atoms with Gasteiger partial charge in [-0.15, -0.1) is 24.0 Å². The molecule has 0 spiro atoms. The van der Waals surface area contributed by atoms with Crippen molar-refractivity contribution in [2.75, 3.05) is 26.8 Å². The summed E-state index contributed by atoms with van der Waals surface area (Å²) in [4.78, 5) is 8.99. The van der Waals surface area contributed by atoms with E-state index in [2.05, 4.69) is 68.3 Å². The van der Waals surface area contributed by atoms with Gasteiger partial charge < -0.3 is 20.7 Å². The van der Waals surface area contributed by atoms with Crippen LogP contribution in [0.2, 0.25) is 0 Å². The number of guanidine groups is 1. The highest BCUT2D eigenvalue weighted by molar-refractivity contribution is 14.0. The van der Waals surface area contributed by atoms with Crippen LogP contribution < -0.4 is 16.0 Å². The Morgan fingerprint density at radius 2 is 2.03 bits per heavy atom. The summed E-state index contributed by atoms with van der Waals surface area (Å²) in [5.74, 6) is 2.77. The number of nitrogens with zero attached hydrogens (tertiary/aromatic N) is 4. The molecule has 3 heterocycles. The largest absolute Gasteiger partial charge is 0.381 e. The zero-order valence-electron chi connectivity index (χ0n) is 19.3. The third kappa shape index (κ3) is 6.20. The van der Waals surface area contributed by atoms with Gasteiger partial charge in [0.25, 0.3) is 0 Å². The summed E-state index contributed by atoms with van der Waals surface area (Å²) in [6, 6.07) is 11.2. The van der Waals surface area contributed by atoms with Crippen molar-refractivity contribution in [3.63, 3.8) is 0 Å². The van der Waals surface area contributed by atoms with E-state index in [1.165, 1.54) is 5.56 Å². The highest BCUT2D eigenvalue weighted by atomic mass is 127. The van der Waals surface area contributed by atoms with Gasteiger partial charge in [0.1, 0.15) is 11.6 Å². The number of nitrogens with one attached hydrogen (secondary N) is 3. The topological polar surface area (TPSA) is 88.4 Å². The molecule has 2 aliphatic heterocycles. The van der Waals surface area contributed by atoms with E-state index in [1.807, 2.05) is 18.7 Å². The Morgan fingerprint density at radius 3 is 2.75 bits per heavy atom. The Balaban J connectivity index is 0.00000289. The minimum absolute atomic E-state index is 0. The molecule has 1 aromatic heterocycles. The monoisotopic (exact) mass is 553 g/mol. The zero-order valence-corrected chi connectivity index (χ0v) is 21.6. The lowest BCUT2D eigenvalue weighted by molar-refractivity contribution is 0.0354. The molecular formula is C23H36IN7O. The Hall–Kier alpha value is -1.72. The number of fused-ring (bicyclic) bond motifs is 1. The fourth-order valence-corrected chi connectivity index (χ4v) is 4.61. The minimum atomic E-state index is -0.0339. The standard InChI is InChI=1S/C23H35N7O.HI/c1-17(19-7-5-4-6-8-19)28-23(11-13-31-14-12-23)16-25-22(24-3)27-20-9-10-21-26-18(2)29-30(21)15-20;/h4-8,17,20,28H,9-16H2,1-3H3,(H2,24,25,27);1H. The van der Waals surface area contributed by atoms with Crippen molar-refractivity contribution in [3.05, 3.63) is 47.5 Å². The molecule has 3 N–H and O–H groups in total. The average molecular weight is 553 g/mol. The van der Waals surface area contributed by atoms with Crippen LogP contribution in [-0.4, -0.2) is 59.1 Å². The predicted octanol–water partition coefficient (Wildman–Crippen LogP) is 2.58. The lowest BCUT2D eigenvalue weighted by Gasteiger charge is -2.41. The van der Waals surface area contributed by atoms with Crippen molar-refractivity contribution in [3.8, 4) is 0 Å². The Morgan fingerprint density at radius 1 is 1.28 bits per heavy atom. The number of hydrogen-bond acceptors (Lipinski definition) is 5. The van der Waals surface area contributed by atoms with Crippen LogP contribution in [-0.2, 0) is 17.7 Å². The molecule has 0 bridgehead atoms. The summed E-state index contributed by atoms with van der Waals surface area (Å²) in [6.45, 7) is 7.36. The molecule has 1 fully saturated rings. The van der Waals surface area contributed by atoms with Crippen LogP contribution in [0.25, 0.3) is 0 Å². The second-order valence-electron chi connectivity index (χ2n) is 8.73. The van der Waals surface area contributed by atoms with Crippen molar-refractivity contribution in [1.82, 2.24) is 30.7 Å². The van der Waals surface area contributed by atoms with Gasteiger partial charge in [0, 0.05) is 50.8 Å². The first-order chi connectivity index (χ1) is 15.1. The van der Waals surface area contributed by atoms with Gasteiger partial charge in [0.05, 0.1) is 6.54 Å². The number of ether oxygens (including phenoxy) is 1. The van der Waals surface area contributed by atoms with Crippen molar-refractivity contribution in [2.45, 2.75) is 63.7 Å². The fraction of sp³-hybridized carbons (Fsp3) is 0.609. The van der Waals surface area contributed by atoms with Crippen LogP contribution >= 0.6 is 24.0 Å². The van der Waals surface area contributed by atoms with Gasteiger partial charge in [-0.1, -0.05) is 30.3 Å². The first-order valence-electron chi connectivity index (χ1n) is 11.3. The van der Waals surface area contributed by atoms with E-state index in [1.54, 1.807) is 0 Å². The molecule has 0 radical (unpaired) electrons. The third-order valence-electron chi connectivity index (χ3n) is 6.39. The first-order valence-corrected chi connectivity index (χ1v) is 11.3. The molecule has 2 aliphatic rings. The van der Waals surface area contributed by atoms with E-state index >= 15 is 0 Å². The smallest absolute Gasteiger partial charge is 0.191 e. The van der Waals surface area contributed by atoms with Crippen LogP contribution in [0.1, 0.15) is 49.4 Å². The predicted molar refractivity (Wildman–Crippen MR) is 138 cm³/mol. The number of aromatic nitrogens is 3. The van der Waals surface area contributed by atoms with Crippen molar-refractivity contribution >= 4 is 29.9 Å². The quantitative estimate of drug-likeness (QED) is 0.290. The molecule has 2 unspecified atom stereocenters. The van der Waals surface area contributed by atoms with Crippen LogP contribution in [0.15, 0.2) is 35.3 Å². The maximum atomic E-state index is 5.67. The molecule has 9 heteroatoms. The van der Waals surface area contributed by atoms with Gasteiger partial charge in [-0.2, -0.15) is 5.10 Å². The molecule has 4 rings (SSSR count). The summed E-state index contributed by atoms with van der Waals surface area (Å²) in [6.07, 6.45) is 3.91. The van der Waals surface area contributed by atoms with Gasteiger partial charge >= 0.3 is 0 Å². The van der Waals surface area contributed by atoms with E-state index in [0.717, 1.165) is 69.6 Å². The molecule has 1 saturated heterocycles. The molecule has 2 aromatic rings. The number of aliphatic imine (C=N–C) groups is 1. The number of rotatable bonds is 6. The molecule has 1 aromatic carbocycles. The lowest BCUT2D eigenvalue weighted by atomic mass is 9.88. The fourth-order valence-electron chi connectivity index (χ4n) is 4.61. The van der Waals surface area contributed by atoms with Gasteiger partial charge in [0.2, 0.25) is 0 Å². The molecule has 32 heavy (non-hydrogen) atoms. The molecule has 0 aliphatic carbocycles. The number of aryl methyl sites for hydroxylation is 2. The van der Waals surface area contributed by atoms with Crippen LogP contribution in [0.3, 0.4) is 0 Å². The summed E-state index contributed by atoms with van der Waals surface area (Å²) in [5, 5.41) is 15.6. The van der Waals surface area contributed by atoms with E-state index in [9.17, 15) is 0 Å². The molecule has 0 saturated carbocycles. The van der Waals surface area contributed by atoms with Gasteiger partial charge in [-0.05, 0) is 38.7 Å². The first kappa shape index (κ1) is 24.9. The van der Waals surface area contributed by atoms with Gasteiger partial charge in [-0.3, -0.25) is 4.99 Å². The Kier molecular flexibility index (Phi) is 8.89. The molecule has 8 nitrogen and oxygen atoms in total.